The predicted molar refractivity (Wildman–Crippen MR) is 66.9 cm³/mol. The third-order valence-electron chi connectivity index (χ3n) is 3.25. The molecule has 5 heteroatoms. The third-order valence-corrected chi connectivity index (χ3v) is 3.25. The average molecular weight is 242 g/mol. The lowest BCUT2D eigenvalue weighted by molar-refractivity contribution is 0.0994. The molecule has 5 nitrogen and oxygen atoms in total. The Kier molecular flexibility index (Phi) is 2.59. The van der Waals surface area contributed by atoms with Crippen molar-refractivity contribution in [1.29, 1.82) is 0 Å². The first kappa shape index (κ1) is 11.0. The summed E-state index contributed by atoms with van der Waals surface area (Å²) in [6.45, 7) is 0.877. The molecule has 2 aromatic heterocycles. The number of nitrogens with two attached hydrogens (primary N) is 1. The van der Waals surface area contributed by atoms with Gasteiger partial charge in [-0.2, -0.15) is 0 Å². The van der Waals surface area contributed by atoms with Gasteiger partial charge in [0.05, 0.1) is 5.69 Å². The fourth-order valence-corrected chi connectivity index (χ4v) is 2.43. The second-order valence-corrected chi connectivity index (χ2v) is 4.42. The molecule has 1 aliphatic rings. The van der Waals surface area contributed by atoms with Crippen LogP contribution in [-0.4, -0.2) is 20.4 Å². The molecule has 0 saturated carbocycles. The summed E-state index contributed by atoms with van der Waals surface area (Å²) in [6.07, 6.45) is 4.76. The minimum absolute atomic E-state index is 0.398. The third kappa shape index (κ3) is 1.68. The van der Waals surface area contributed by atoms with Crippen molar-refractivity contribution in [1.82, 2.24) is 14.5 Å². The normalized spacial score (nSPS) is 14.2. The minimum Gasteiger partial charge on any atom is -0.364 e. The SMILES string of the molecule is NC(=O)c1nc(-c2ccccn2)n2c1CCCC2. The largest absolute Gasteiger partial charge is 0.364 e. The minimum atomic E-state index is -0.456. The molecule has 0 aliphatic carbocycles. The van der Waals surface area contributed by atoms with Crippen LogP contribution in [0.15, 0.2) is 24.4 Å². The molecule has 0 spiro atoms. The highest BCUT2D eigenvalue weighted by atomic mass is 16.1. The highest BCUT2D eigenvalue weighted by molar-refractivity contribution is 5.92. The summed E-state index contributed by atoms with van der Waals surface area (Å²) in [4.78, 5) is 20.1. The lowest BCUT2D eigenvalue weighted by Gasteiger charge is -2.16. The first-order valence-corrected chi connectivity index (χ1v) is 6.08. The quantitative estimate of drug-likeness (QED) is 0.864. The molecule has 0 saturated heterocycles. The van der Waals surface area contributed by atoms with Crippen LogP contribution in [-0.2, 0) is 13.0 Å². The highest BCUT2D eigenvalue weighted by Gasteiger charge is 2.23. The molecule has 0 atom stereocenters. The average Bonchev–Trinajstić information content (AvgIpc) is 2.79. The van der Waals surface area contributed by atoms with Crippen LogP contribution in [0.1, 0.15) is 29.0 Å². The van der Waals surface area contributed by atoms with Crippen molar-refractivity contribution in [3.8, 4) is 11.5 Å². The zero-order valence-electron chi connectivity index (χ0n) is 9.97. The van der Waals surface area contributed by atoms with E-state index in [0.29, 0.717) is 5.69 Å². The lowest BCUT2D eigenvalue weighted by Crippen LogP contribution is -2.17. The van der Waals surface area contributed by atoms with Crippen LogP contribution in [0.4, 0.5) is 0 Å². The number of fused-ring (bicyclic) bond motifs is 1. The summed E-state index contributed by atoms with van der Waals surface area (Å²) in [7, 11) is 0. The molecule has 3 rings (SSSR count). The van der Waals surface area contributed by atoms with E-state index in [1.165, 1.54) is 0 Å². The maximum atomic E-state index is 11.4. The second-order valence-electron chi connectivity index (χ2n) is 4.42. The standard InChI is InChI=1S/C13H14N4O/c14-12(18)11-10-6-2-4-8-17(10)13(16-11)9-5-1-3-7-15-9/h1,3,5,7H,2,4,6,8H2,(H2,14,18). The zero-order chi connectivity index (χ0) is 12.5. The number of carbonyl (C=O) groups is 1. The molecule has 3 heterocycles. The van der Waals surface area contributed by atoms with Gasteiger partial charge >= 0.3 is 0 Å². The molecule has 0 bridgehead atoms. The predicted octanol–water partition coefficient (Wildman–Crippen LogP) is 1.38. The van der Waals surface area contributed by atoms with Crippen molar-refractivity contribution < 1.29 is 4.79 Å². The van der Waals surface area contributed by atoms with Gasteiger partial charge in [0.15, 0.2) is 5.82 Å². The van der Waals surface area contributed by atoms with Crippen LogP contribution in [0.25, 0.3) is 11.5 Å². The van der Waals surface area contributed by atoms with Gasteiger partial charge in [0.1, 0.15) is 11.4 Å². The molecule has 0 aromatic carbocycles. The number of amides is 1. The fraction of sp³-hybridized carbons (Fsp3) is 0.308. The number of rotatable bonds is 2. The van der Waals surface area contributed by atoms with Crippen molar-refractivity contribution in [3.05, 3.63) is 35.8 Å². The number of primary amides is 1. The van der Waals surface area contributed by atoms with Crippen LogP contribution in [0.5, 0.6) is 0 Å². The molecule has 1 amide bonds. The Morgan fingerprint density at radius 1 is 1.33 bits per heavy atom. The Balaban J connectivity index is 2.18. The van der Waals surface area contributed by atoms with Crippen molar-refractivity contribution in [2.24, 2.45) is 5.73 Å². The molecule has 2 aromatic rings. The van der Waals surface area contributed by atoms with Crippen LogP contribution >= 0.6 is 0 Å². The molecule has 0 unspecified atom stereocenters. The van der Waals surface area contributed by atoms with Crippen LogP contribution < -0.4 is 5.73 Å². The molecule has 92 valence electrons. The van der Waals surface area contributed by atoms with E-state index in [1.54, 1.807) is 6.20 Å². The molecule has 0 fully saturated rings. The number of hydrogen-bond donors (Lipinski definition) is 1. The molecule has 18 heavy (non-hydrogen) atoms. The number of nitrogens with zero attached hydrogens (tertiary/aromatic N) is 3. The first-order valence-electron chi connectivity index (χ1n) is 6.08. The molecule has 2 N–H and O–H groups in total. The van der Waals surface area contributed by atoms with Crippen molar-refractivity contribution in [3.63, 3.8) is 0 Å². The van der Waals surface area contributed by atoms with E-state index < -0.39 is 5.91 Å². The van der Waals surface area contributed by atoms with E-state index in [2.05, 4.69) is 14.5 Å². The molecule has 0 radical (unpaired) electrons. The highest BCUT2D eigenvalue weighted by Crippen LogP contribution is 2.26. The van der Waals surface area contributed by atoms with E-state index in [0.717, 1.165) is 43.0 Å². The van der Waals surface area contributed by atoms with Crippen LogP contribution in [0.3, 0.4) is 0 Å². The monoisotopic (exact) mass is 242 g/mol. The van der Waals surface area contributed by atoms with E-state index >= 15 is 0 Å². The topological polar surface area (TPSA) is 73.8 Å². The first-order chi connectivity index (χ1) is 8.77. The van der Waals surface area contributed by atoms with Gasteiger partial charge in [-0.15, -0.1) is 0 Å². The number of carbonyl (C=O) groups excluding carboxylic acids is 1. The Morgan fingerprint density at radius 3 is 2.94 bits per heavy atom. The van der Waals surface area contributed by atoms with E-state index in [4.69, 9.17) is 5.73 Å². The zero-order valence-corrected chi connectivity index (χ0v) is 9.97. The number of hydrogen-bond acceptors (Lipinski definition) is 3. The Hall–Kier alpha value is -2.17. The summed E-state index contributed by atoms with van der Waals surface area (Å²) in [5.74, 6) is 0.293. The van der Waals surface area contributed by atoms with Gasteiger partial charge in [0.25, 0.3) is 5.91 Å². The van der Waals surface area contributed by atoms with E-state index in [1.807, 2.05) is 18.2 Å². The van der Waals surface area contributed by atoms with Crippen LogP contribution in [0, 0.1) is 0 Å². The molecule has 1 aliphatic heterocycles. The van der Waals surface area contributed by atoms with Gasteiger partial charge in [-0.05, 0) is 31.4 Å². The fourth-order valence-electron chi connectivity index (χ4n) is 2.43. The lowest BCUT2D eigenvalue weighted by atomic mass is 10.1. The van der Waals surface area contributed by atoms with Gasteiger partial charge in [-0.25, -0.2) is 4.98 Å². The maximum absolute atomic E-state index is 11.4. The van der Waals surface area contributed by atoms with Gasteiger partial charge in [0.2, 0.25) is 0 Å². The Labute approximate surface area is 105 Å². The smallest absolute Gasteiger partial charge is 0.269 e. The number of pyridine rings is 1. The van der Waals surface area contributed by atoms with E-state index in [-0.39, 0.29) is 0 Å². The van der Waals surface area contributed by atoms with Crippen molar-refractivity contribution in [2.75, 3.05) is 0 Å². The number of imidazole rings is 1. The maximum Gasteiger partial charge on any atom is 0.269 e. The van der Waals surface area contributed by atoms with Gasteiger partial charge in [0, 0.05) is 12.7 Å². The van der Waals surface area contributed by atoms with Crippen LogP contribution in [0.2, 0.25) is 0 Å². The molecular weight excluding hydrogens is 228 g/mol. The summed E-state index contributed by atoms with van der Waals surface area (Å²) in [5.41, 5.74) is 7.53. The summed E-state index contributed by atoms with van der Waals surface area (Å²) >= 11 is 0. The summed E-state index contributed by atoms with van der Waals surface area (Å²) in [5, 5.41) is 0. The number of aromatic nitrogens is 3. The van der Waals surface area contributed by atoms with Gasteiger partial charge < -0.3 is 10.3 Å². The molecular formula is C13H14N4O. The summed E-state index contributed by atoms with van der Waals surface area (Å²) < 4.78 is 2.08. The summed E-state index contributed by atoms with van der Waals surface area (Å²) in [6, 6.07) is 5.67. The Bertz CT molecular complexity index is 589. The van der Waals surface area contributed by atoms with Gasteiger partial charge in [-0.1, -0.05) is 6.07 Å². The van der Waals surface area contributed by atoms with Crippen molar-refractivity contribution >= 4 is 5.91 Å². The Morgan fingerprint density at radius 2 is 2.22 bits per heavy atom. The van der Waals surface area contributed by atoms with Crippen molar-refractivity contribution in [2.45, 2.75) is 25.8 Å². The van der Waals surface area contributed by atoms with E-state index in [9.17, 15) is 4.79 Å². The van der Waals surface area contributed by atoms with Gasteiger partial charge in [-0.3, -0.25) is 9.78 Å². The second kappa shape index (κ2) is 4.25.